The van der Waals surface area contributed by atoms with Crippen LogP contribution < -0.4 is 0 Å². The fraction of sp³-hybridized carbons (Fsp3) is 0.632. The second-order valence-corrected chi connectivity index (χ2v) is 19.5. The summed E-state index contributed by atoms with van der Waals surface area (Å²) in [5.41, 5.74) is 0. The number of carbonyl (C=O) groups is 3. The zero-order valence-electron chi connectivity index (χ0n) is 47.8. The van der Waals surface area contributed by atoms with Gasteiger partial charge in [-0.1, -0.05) is 251 Å². The van der Waals surface area contributed by atoms with Crippen LogP contribution in [0.25, 0.3) is 0 Å². The van der Waals surface area contributed by atoms with Gasteiger partial charge in [0.05, 0.1) is 0 Å². The third-order valence-electron chi connectivity index (χ3n) is 12.4. The third kappa shape index (κ3) is 58.4. The average Bonchev–Trinajstić information content (AvgIpc) is 3.40. The summed E-state index contributed by atoms with van der Waals surface area (Å²) >= 11 is 0. The molecule has 1 atom stereocenters. The van der Waals surface area contributed by atoms with Gasteiger partial charge in [0, 0.05) is 19.3 Å². The van der Waals surface area contributed by atoms with E-state index in [0.29, 0.717) is 25.7 Å². The Bertz CT molecular complexity index is 1600. The van der Waals surface area contributed by atoms with Gasteiger partial charge in [-0.25, -0.2) is 0 Å². The van der Waals surface area contributed by atoms with Gasteiger partial charge in [0.25, 0.3) is 0 Å². The van der Waals surface area contributed by atoms with Gasteiger partial charge in [-0.05, 0) is 122 Å². The molecule has 0 heterocycles. The van der Waals surface area contributed by atoms with Crippen LogP contribution in [0.1, 0.15) is 258 Å². The quantitative estimate of drug-likeness (QED) is 0.0261. The lowest BCUT2D eigenvalue weighted by Crippen LogP contribution is -2.30. The van der Waals surface area contributed by atoms with Crippen molar-refractivity contribution < 1.29 is 28.6 Å². The summed E-state index contributed by atoms with van der Waals surface area (Å²) in [6, 6.07) is 0. The molecule has 0 aromatic heterocycles. The Morgan fingerprint density at radius 1 is 0.284 bits per heavy atom. The molecule has 1 unspecified atom stereocenters. The molecule has 0 aliphatic heterocycles. The predicted molar refractivity (Wildman–Crippen MR) is 320 cm³/mol. The van der Waals surface area contributed by atoms with Gasteiger partial charge in [0.2, 0.25) is 0 Å². The first-order valence-electron chi connectivity index (χ1n) is 30.2. The smallest absolute Gasteiger partial charge is 0.306 e. The summed E-state index contributed by atoms with van der Waals surface area (Å²) in [5.74, 6) is -0.964. The van der Waals surface area contributed by atoms with Gasteiger partial charge in [0.1, 0.15) is 13.2 Å². The number of unbranched alkanes of at least 4 members (excludes halogenated alkanes) is 20. The van der Waals surface area contributed by atoms with Gasteiger partial charge < -0.3 is 14.2 Å². The Balaban J connectivity index is 4.19. The number of esters is 3. The molecular weight excluding hydrogens is 913 g/mol. The number of allylic oxidation sites excluding steroid dienone is 22. The van der Waals surface area contributed by atoms with E-state index in [2.05, 4.69) is 154 Å². The second-order valence-electron chi connectivity index (χ2n) is 19.5. The lowest BCUT2D eigenvalue weighted by Gasteiger charge is -2.18. The predicted octanol–water partition coefficient (Wildman–Crippen LogP) is 20.6. The molecule has 0 radical (unpaired) electrons. The van der Waals surface area contributed by atoms with Crippen LogP contribution in [0.5, 0.6) is 0 Å². The highest BCUT2D eigenvalue weighted by Gasteiger charge is 2.19. The molecule has 0 rings (SSSR count). The monoisotopic (exact) mass is 1020 g/mol. The van der Waals surface area contributed by atoms with Gasteiger partial charge >= 0.3 is 17.9 Å². The zero-order valence-corrected chi connectivity index (χ0v) is 47.8. The number of hydrogen-bond acceptors (Lipinski definition) is 6. The molecule has 0 saturated heterocycles. The molecule has 0 fully saturated rings. The number of hydrogen-bond donors (Lipinski definition) is 0. The molecule has 0 aliphatic rings. The molecule has 0 saturated carbocycles. The third-order valence-corrected chi connectivity index (χ3v) is 12.4. The van der Waals surface area contributed by atoms with Crippen LogP contribution in [0.3, 0.4) is 0 Å². The highest BCUT2D eigenvalue weighted by Crippen LogP contribution is 2.14. The summed E-state index contributed by atoms with van der Waals surface area (Å²) in [4.78, 5) is 37.8. The van der Waals surface area contributed by atoms with Crippen LogP contribution in [-0.2, 0) is 28.6 Å². The van der Waals surface area contributed by atoms with Crippen molar-refractivity contribution in [1.82, 2.24) is 0 Å². The van der Waals surface area contributed by atoms with E-state index < -0.39 is 6.10 Å². The SMILES string of the molecule is CC/C=C\C/C=C\C/C=C\C/C=C\C/C=C\C/C=C\C/C=C\C/C=C\C/C=C\C/C=C\CCCCC(=O)OCC(COC(=O)CCCCCCC)OC(=O)CCCCCCCCC/C=C\CCCCCCCCC. The molecule has 0 amide bonds. The molecule has 0 spiro atoms. The lowest BCUT2D eigenvalue weighted by atomic mass is 10.1. The standard InChI is InChI=1S/C68H110O6/c1-4-7-10-13-15-17-19-21-23-25-27-28-29-30-31-32-33-34-35-36-37-38-39-40-41-43-44-46-48-50-52-55-58-61-67(70)73-64-65(63-72-66(69)60-57-54-12-9-6-3)74-68(71)62-59-56-53-51-49-47-45-42-26-24-22-20-18-16-14-11-8-5-2/h7,10,15,17,21,23-24,26-28,30-31,33-34,36-37,39-40,43-44,48,50,65H,4-6,8-9,11-14,16,18-20,22,25,29,32,35,38,41-42,45-47,49,51-64H2,1-3H3/b10-7-,17-15-,23-21-,26-24-,28-27-,31-30-,34-33-,37-36-,40-39-,44-43-,50-48-. The first-order valence-corrected chi connectivity index (χ1v) is 30.2. The molecule has 0 aromatic carbocycles. The van der Waals surface area contributed by atoms with E-state index >= 15 is 0 Å². The van der Waals surface area contributed by atoms with Crippen LogP contribution in [0.4, 0.5) is 0 Å². The highest BCUT2D eigenvalue weighted by molar-refractivity contribution is 5.71. The molecule has 6 heteroatoms. The molecule has 0 N–H and O–H groups in total. The molecule has 74 heavy (non-hydrogen) atoms. The van der Waals surface area contributed by atoms with E-state index in [-0.39, 0.29) is 31.1 Å². The minimum absolute atomic E-state index is 0.0969. The Hall–Kier alpha value is -4.45. The average molecular weight is 1020 g/mol. The van der Waals surface area contributed by atoms with Gasteiger partial charge in [0.15, 0.2) is 6.10 Å². The normalized spacial score (nSPS) is 13.1. The molecule has 0 aliphatic carbocycles. The number of ether oxygens (including phenoxy) is 3. The molecule has 418 valence electrons. The minimum Gasteiger partial charge on any atom is -0.462 e. The zero-order chi connectivity index (χ0) is 53.6. The van der Waals surface area contributed by atoms with E-state index in [9.17, 15) is 14.4 Å². The molecule has 0 bridgehead atoms. The van der Waals surface area contributed by atoms with Crippen molar-refractivity contribution >= 4 is 17.9 Å². The van der Waals surface area contributed by atoms with Crippen molar-refractivity contribution in [3.8, 4) is 0 Å². The van der Waals surface area contributed by atoms with E-state index in [1.807, 2.05) is 0 Å². The minimum atomic E-state index is -0.798. The summed E-state index contributed by atoms with van der Waals surface area (Å²) in [6.45, 7) is 6.39. The summed E-state index contributed by atoms with van der Waals surface area (Å²) in [5, 5.41) is 0. The molecule has 0 aromatic rings. The summed E-state index contributed by atoms with van der Waals surface area (Å²) in [7, 11) is 0. The Labute approximate surface area is 455 Å². The molecule has 6 nitrogen and oxygen atoms in total. The van der Waals surface area contributed by atoms with Crippen LogP contribution in [0.15, 0.2) is 134 Å². The van der Waals surface area contributed by atoms with Crippen molar-refractivity contribution in [2.24, 2.45) is 0 Å². The van der Waals surface area contributed by atoms with Crippen LogP contribution in [0.2, 0.25) is 0 Å². The van der Waals surface area contributed by atoms with Crippen LogP contribution >= 0.6 is 0 Å². The Morgan fingerprint density at radius 2 is 0.527 bits per heavy atom. The fourth-order valence-electron chi connectivity index (χ4n) is 7.88. The number of carbonyl (C=O) groups excluding carboxylic acids is 3. The van der Waals surface area contributed by atoms with Crippen LogP contribution in [-0.4, -0.2) is 37.2 Å². The van der Waals surface area contributed by atoms with Crippen LogP contribution in [0, 0.1) is 0 Å². The first-order chi connectivity index (χ1) is 36.5. The summed E-state index contributed by atoms with van der Waals surface area (Å²) < 4.78 is 16.7. The van der Waals surface area contributed by atoms with Crippen molar-refractivity contribution in [3.63, 3.8) is 0 Å². The Kier molecular flexibility index (Phi) is 57.4. The van der Waals surface area contributed by atoms with Gasteiger partial charge in [-0.15, -0.1) is 0 Å². The largest absolute Gasteiger partial charge is 0.462 e. The second kappa shape index (κ2) is 61.1. The van der Waals surface area contributed by atoms with E-state index in [0.717, 1.165) is 128 Å². The van der Waals surface area contributed by atoms with Gasteiger partial charge in [-0.3, -0.25) is 14.4 Å². The van der Waals surface area contributed by atoms with Crippen molar-refractivity contribution in [1.29, 1.82) is 0 Å². The van der Waals surface area contributed by atoms with E-state index in [1.165, 1.54) is 83.5 Å². The Morgan fingerprint density at radius 3 is 0.865 bits per heavy atom. The maximum absolute atomic E-state index is 12.8. The maximum Gasteiger partial charge on any atom is 0.306 e. The maximum atomic E-state index is 12.8. The number of rotatable bonds is 53. The van der Waals surface area contributed by atoms with Gasteiger partial charge in [-0.2, -0.15) is 0 Å². The van der Waals surface area contributed by atoms with E-state index in [4.69, 9.17) is 14.2 Å². The topological polar surface area (TPSA) is 78.9 Å². The summed E-state index contributed by atoms with van der Waals surface area (Å²) in [6.07, 6.45) is 86.4. The van der Waals surface area contributed by atoms with Crippen molar-refractivity contribution in [2.75, 3.05) is 13.2 Å². The van der Waals surface area contributed by atoms with Crippen molar-refractivity contribution in [3.05, 3.63) is 134 Å². The fourth-order valence-corrected chi connectivity index (χ4v) is 7.88. The first kappa shape index (κ1) is 69.5. The highest BCUT2D eigenvalue weighted by atomic mass is 16.6. The molecular formula is C68H110O6. The van der Waals surface area contributed by atoms with E-state index in [1.54, 1.807) is 0 Å². The lowest BCUT2D eigenvalue weighted by molar-refractivity contribution is -0.167. The van der Waals surface area contributed by atoms with Crippen molar-refractivity contribution in [2.45, 2.75) is 264 Å².